The molecule has 0 unspecified atom stereocenters. The minimum absolute atomic E-state index is 0.00170. The third-order valence-corrected chi connectivity index (χ3v) is 2.19. The first-order valence-electron chi connectivity index (χ1n) is 3.72. The summed E-state index contributed by atoms with van der Waals surface area (Å²) in [5, 5.41) is 0.105. The third kappa shape index (κ3) is 1.90. The Labute approximate surface area is 83.5 Å². The summed E-state index contributed by atoms with van der Waals surface area (Å²) < 4.78 is 37.2. The number of rotatable bonds is 2. The van der Waals surface area contributed by atoms with Crippen LogP contribution in [0.2, 0.25) is 5.02 Å². The molecule has 0 spiro atoms. The first kappa shape index (κ1) is 11.0. The van der Waals surface area contributed by atoms with Gasteiger partial charge in [-0.1, -0.05) is 11.6 Å². The molecule has 0 atom stereocenters. The molecule has 0 saturated heterocycles. The number of benzene rings is 1. The summed E-state index contributed by atoms with van der Waals surface area (Å²) in [6.07, 6.45) is -3.20. The Hall–Kier alpha value is -1.03. The monoisotopic (exact) mass is 222 g/mol. The number of halogens is 4. The molecular weight excluding hydrogens is 217 g/mol. The predicted molar refractivity (Wildman–Crippen MR) is 46.5 cm³/mol. The smallest absolute Gasteiger partial charge is 0.288 e. The lowest BCUT2D eigenvalue weighted by Gasteiger charge is -2.05. The van der Waals surface area contributed by atoms with Gasteiger partial charge in [-0.25, -0.2) is 13.2 Å². The largest absolute Gasteiger partial charge is 0.300 e. The SMILES string of the molecule is Cc1c(Cl)ccc(C(=O)C(F)F)c1F. The summed E-state index contributed by atoms with van der Waals surface area (Å²) >= 11 is 5.53. The lowest BCUT2D eigenvalue weighted by atomic mass is 10.1. The van der Waals surface area contributed by atoms with Crippen LogP contribution in [0, 0.1) is 12.7 Å². The molecular formula is C9H6ClF3O. The third-order valence-electron chi connectivity index (χ3n) is 1.78. The zero-order chi connectivity index (χ0) is 10.9. The highest BCUT2D eigenvalue weighted by molar-refractivity contribution is 6.31. The fourth-order valence-corrected chi connectivity index (χ4v) is 1.12. The van der Waals surface area contributed by atoms with E-state index in [0.717, 1.165) is 6.07 Å². The minimum atomic E-state index is -3.20. The first-order valence-corrected chi connectivity index (χ1v) is 4.10. The molecule has 0 saturated carbocycles. The molecule has 0 bridgehead atoms. The summed E-state index contributed by atoms with van der Waals surface area (Å²) in [5.74, 6) is -2.51. The Kier molecular flexibility index (Phi) is 3.16. The van der Waals surface area contributed by atoms with Crippen molar-refractivity contribution >= 4 is 17.4 Å². The molecule has 1 aromatic carbocycles. The molecule has 14 heavy (non-hydrogen) atoms. The number of hydrogen-bond donors (Lipinski definition) is 0. The Morgan fingerprint density at radius 2 is 2.00 bits per heavy atom. The second-order valence-electron chi connectivity index (χ2n) is 2.70. The van der Waals surface area contributed by atoms with E-state index in [4.69, 9.17) is 11.6 Å². The van der Waals surface area contributed by atoms with Gasteiger partial charge in [-0.05, 0) is 19.1 Å². The van der Waals surface area contributed by atoms with Crippen LogP contribution in [0.5, 0.6) is 0 Å². The van der Waals surface area contributed by atoms with E-state index in [-0.39, 0.29) is 10.6 Å². The van der Waals surface area contributed by atoms with Crippen molar-refractivity contribution < 1.29 is 18.0 Å². The van der Waals surface area contributed by atoms with Crippen LogP contribution in [-0.2, 0) is 0 Å². The minimum Gasteiger partial charge on any atom is -0.288 e. The first-order chi connectivity index (χ1) is 6.45. The molecule has 1 rings (SSSR count). The zero-order valence-electron chi connectivity index (χ0n) is 7.15. The molecule has 0 aliphatic carbocycles. The van der Waals surface area contributed by atoms with Crippen LogP contribution in [0.25, 0.3) is 0 Å². The van der Waals surface area contributed by atoms with E-state index in [2.05, 4.69) is 0 Å². The van der Waals surface area contributed by atoms with Crippen molar-refractivity contribution in [3.8, 4) is 0 Å². The van der Waals surface area contributed by atoms with Crippen molar-refractivity contribution in [3.05, 3.63) is 34.1 Å². The average molecular weight is 223 g/mol. The van der Waals surface area contributed by atoms with Gasteiger partial charge in [0.05, 0.1) is 5.56 Å². The van der Waals surface area contributed by atoms with Crippen molar-refractivity contribution in [2.75, 3.05) is 0 Å². The van der Waals surface area contributed by atoms with E-state index in [1.807, 2.05) is 0 Å². The zero-order valence-corrected chi connectivity index (χ0v) is 7.91. The van der Waals surface area contributed by atoms with Gasteiger partial charge in [0.2, 0.25) is 5.78 Å². The van der Waals surface area contributed by atoms with Gasteiger partial charge in [0, 0.05) is 10.6 Å². The molecule has 76 valence electrons. The number of carbonyl (C=O) groups excluding carboxylic acids is 1. The highest BCUT2D eigenvalue weighted by atomic mass is 35.5. The molecule has 0 fully saturated rings. The van der Waals surface area contributed by atoms with Crippen molar-refractivity contribution in [2.45, 2.75) is 13.3 Å². The van der Waals surface area contributed by atoms with Crippen LogP contribution in [0.3, 0.4) is 0 Å². The van der Waals surface area contributed by atoms with E-state index in [1.54, 1.807) is 0 Å². The Morgan fingerprint density at radius 1 is 1.43 bits per heavy atom. The maximum absolute atomic E-state index is 13.2. The Morgan fingerprint density at radius 3 is 2.50 bits per heavy atom. The van der Waals surface area contributed by atoms with Crippen molar-refractivity contribution in [3.63, 3.8) is 0 Å². The Bertz CT molecular complexity index is 377. The molecule has 0 heterocycles. The fraction of sp³-hybridized carbons (Fsp3) is 0.222. The fourth-order valence-electron chi connectivity index (χ4n) is 0.969. The van der Waals surface area contributed by atoms with Gasteiger partial charge in [0.25, 0.3) is 0 Å². The molecule has 1 aromatic rings. The van der Waals surface area contributed by atoms with Crippen LogP contribution < -0.4 is 0 Å². The maximum atomic E-state index is 13.2. The lowest BCUT2D eigenvalue weighted by Crippen LogP contribution is -2.12. The second-order valence-corrected chi connectivity index (χ2v) is 3.11. The van der Waals surface area contributed by atoms with Crippen LogP contribution in [-0.4, -0.2) is 12.2 Å². The van der Waals surface area contributed by atoms with Crippen LogP contribution >= 0.6 is 11.6 Å². The molecule has 1 nitrogen and oxygen atoms in total. The quantitative estimate of drug-likeness (QED) is 0.702. The topological polar surface area (TPSA) is 17.1 Å². The molecule has 5 heteroatoms. The van der Waals surface area contributed by atoms with Gasteiger partial charge in [-0.2, -0.15) is 0 Å². The molecule has 0 N–H and O–H groups in total. The van der Waals surface area contributed by atoms with Gasteiger partial charge >= 0.3 is 6.43 Å². The standard InChI is InChI=1S/C9H6ClF3O/c1-4-6(10)3-2-5(7(4)11)8(14)9(12)13/h2-3,9H,1H3. The van der Waals surface area contributed by atoms with E-state index in [0.29, 0.717) is 0 Å². The van der Waals surface area contributed by atoms with E-state index in [9.17, 15) is 18.0 Å². The number of alkyl halides is 2. The van der Waals surface area contributed by atoms with Crippen LogP contribution in [0.4, 0.5) is 13.2 Å². The predicted octanol–water partition coefficient (Wildman–Crippen LogP) is 3.24. The molecule has 0 aliphatic rings. The van der Waals surface area contributed by atoms with Crippen molar-refractivity contribution in [2.24, 2.45) is 0 Å². The molecule has 0 amide bonds. The van der Waals surface area contributed by atoms with Gasteiger partial charge in [0.1, 0.15) is 5.82 Å². The normalized spacial score (nSPS) is 10.7. The highest BCUT2D eigenvalue weighted by Gasteiger charge is 2.22. The van der Waals surface area contributed by atoms with Crippen molar-refractivity contribution in [1.29, 1.82) is 0 Å². The van der Waals surface area contributed by atoms with Crippen LogP contribution in [0.1, 0.15) is 15.9 Å². The number of hydrogen-bond acceptors (Lipinski definition) is 1. The van der Waals surface area contributed by atoms with Crippen LogP contribution in [0.15, 0.2) is 12.1 Å². The summed E-state index contributed by atoms with van der Waals surface area (Å²) in [6, 6.07) is 2.18. The maximum Gasteiger partial charge on any atom is 0.300 e. The number of carbonyl (C=O) groups is 1. The van der Waals surface area contributed by atoms with Gasteiger partial charge in [0.15, 0.2) is 0 Å². The molecule has 0 aliphatic heterocycles. The Balaban J connectivity index is 3.24. The van der Waals surface area contributed by atoms with E-state index >= 15 is 0 Å². The second kappa shape index (κ2) is 4.00. The number of ketones is 1. The highest BCUT2D eigenvalue weighted by Crippen LogP contribution is 2.22. The number of Topliss-reactive ketones (excluding diaryl/α,β-unsaturated/α-hetero) is 1. The molecule has 0 aromatic heterocycles. The lowest BCUT2D eigenvalue weighted by molar-refractivity contribution is 0.0674. The molecule has 0 radical (unpaired) electrons. The summed E-state index contributed by atoms with van der Waals surface area (Å²) in [4.78, 5) is 10.8. The van der Waals surface area contributed by atoms with Gasteiger partial charge in [-0.3, -0.25) is 4.79 Å². The van der Waals surface area contributed by atoms with E-state index < -0.39 is 23.6 Å². The van der Waals surface area contributed by atoms with E-state index in [1.165, 1.54) is 13.0 Å². The van der Waals surface area contributed by atoms with Gasteiger partial charge in [-0.15, -0.1) is 0 Å². The summed E-state index contributed by atoms with van der Waals surface area (Å²) in [5.41, 5.74) is -0.625. The van der Waals surface area contributed by atoms with Crippen molar-refractivity contribution in [1.82, 2.24) is 0 Å². The average Bonchev–Trinajstić information content (AvgIpc) is 2.13. The summed E-state index contributed by atoms with van der Waals surface area (Å²) in [7, 11) is 0. The summed E-state index contributed by atoms with van der Waals surface area (Å²) in [6.45, 7) is 1.32. The van der Waals surface area contributed by atoms with Gasteiger partial charge < -0.3 is 0 Å².